The molecule has 2 N–H and O–H groups in total. The number of benzene rings is 2. The van der Waals surface area contributed by atoms with Crippen molar-refractivity contribution in [3.8, 4) is 11.8 Å². The van der Waals surface area contributed by atoms with Crippen molar-refractivity contribution < 1.29 is 4.39 Å². The summed E-state index contributed by atoms with van der Waals surface area (Å²) in [5, 5.41) is 0. The maximum atomic E-state index is 13.6. The first-order valence-electron chi connectivity index (χ1n) is 6.84. The van der Waals surface area contributed by atoms with Gasteiger partial charge >= 0.3 is 0 Å². The number of halogens is 1. The molecule has 2 aromatic rings. The van der Waals surface area contributed by atoms with Crippen LogP contribution in [-0.4, -0.2) is 13.6 Å². The minimum atomic E-state index is -0.272. The first kappa shape index (κ1) is 15.1. The van der Waals surface area contributed by atoms with Gasteiger partial charge in [0.1, 0.15) is 5.82 Å². The van der Waals surface area contributed by atoms with Crippen LogP contribution in [0.5, 0.6) is 0 Å². The Bertz CT molecular complexity index is 666. The highest BCUT2D eigenvalue weighted by molar-refractivity contribution is 5.48. The van der Waals surface area contributed by atoms with Crippen LogP contribution >= 0.6 is 0 Å². The molecule has 21 heavy (non-hydrogen) atoms. The van der Waals surface area contributed by atoms with Crippen LogP contribution in [0.3, 0.4) is 0 Å². The average molecular weight is 282 g/mol. The summed E-state index contributed by atoms with van der Waals surface area (Å²) in [6, 6.07) is 13.1. The van der Waals surface area contributed by atoms with Gasteiger partial charge in [-0.2, -0.15) is 0 Å². The SMILES string of the molecule is Cc1ccc(N(C)Cc2cc(F)cc(C#CCN)c2)cc1. The highest BCUT2D eigenvalue weighted by Gasteiger charge is 2.05. The summed E-state index contributed by atoms with van der Waals surface area (Å²) < 4.78 is 13.6. The zero-order valence-corrected chi connectivity index (χ0v) is 12.4. The van der Waals surface area contributed by atoms with E-state index in [-0.39, 0.29) is 12.4 Å². The second-order valence-corrected chi connectivity index (χ2v) is 5.05. The quantitative estimate of drug-likeness (QED) is 0.877. The fourth-order valence-electron chi connectivity index (χ4n) is 2.13. The van der Waals surface area contributed by atoms with Crippen LogP contribution < -0.4 is 10.6 Å². The maximum absolute atomic E-state index is 13.6. The predicted octanol–water partition coefficient (Wildman–Crippen LogP) is 3.08. The Balaban J connectivity index is 2.18. The summed E-state index contributed by atoms with van der Waals surface area (Å²) in [4.78, 5) is 2.08. The Kier molecular flexibility index (Phi) is 4.97. The van der Waals surface area contributed by atoms with E-state index in [1.165, 1.54) is 17.7 Å². The minimum Gasteiger partial charge on any atom is -0.370 e. The van der Waals surface area contributed by atoms with Crippen molar-refractivity contribution in [2.45, 2.75) is 13.5 Å². The molecule has 3 heteroatoms. The van der Waals surface area contributed by atoms with Crippen LogP contribution in [-0.2, 0) is 6.54 Å². The molecule has 0 bridgehead atoms. The summed E-state index contributed by atoms with van der Waals surface area (Å²) in [6.45, 7) is 2.95. The zero-order chi connectivity index (χ0) is 15.2. The lowest BCUT2D eigenvalue weighted by molar-refractivity contribution is 0.624. The van der Waals surface area contributed by atoms with E-state index in [4.69, 9.17) is 5.73 Å². The second-order valence-electron chi connectivity index (χ2n) is 5.05. The van der Waals surface area contributed by atoms with Gasteiger partial charge in [0.15, 0.2) is 0 Å². The van der Waals surface area contributed by atoms with E-state index in [1.807, 2.05) is 13.1 Å². The van der Waals surface area contributed by atoms with Crippen molar-refractivity contribution in [2.24, 2.45) is 5.73 Å². The van der Waals surface area contributed by atoms with Gasteiger partial charge < -0.3 is 10.6 Å². The van der Waals surface area contributed by atoms with E-state index in [0.717, 1.165) is 11.3 Å². The van der Waals surface area contributed by atoms with E-state index in [2.05, 4.69) is 47.9 Å². The number of aryl methyl sites for hydroxylation is 1. The molecule has 0 aromatic heterocycles. The summed E-state index contributed by atoms with van der Waals surface area (Å²) in [5.41, 5.74) is 9.21. The topological polar surface area (TPSA) is 29.3 Å². The van der Waals surface area contributed by atoms with Gasteiger partial charge in [-0.3, -0.25) is 0 Å². The molecule has 0 amide bonds. The normalized spacial score (nSPS) is 9.90. The number of rotatable bonds is 3. The third-order valence-electron chi connectivity index (χ3n) is 3.19. The molecule has 0 saturated carbocycles. The maximum Gasteiger partial charge on any atom is 0.124 e. The van der Waals surface area contributed by atoms with E-state index in [9.17, 15) is 4.39 Å². The van der Waals surface area contributed by atoms with Crippen LogP contribution in [0, 0.1) is 24.6 Å². The van der Waals surface area contributed by atoms with Crippen molar-refractivity contribution in [3.05, 3.63) is 65.0 Å². The standard InChI is InChI=1S/C18H19FN2/c1-14-5-7-18(8-6-14)21(2)13-16-10-15(4-3-9-20)11-17(19)12-16/h5-8,10-12H,9,13,20H2,1-2H3. The fraction of sp³-hybridized carbons (Fsp3) is 0.222. The van der Waals surface area contributed by atoms with Gasteiger partial charge in [-0.1, -0.05) is 29.5 Å². The zero-order valence-electron chi connectivity index (χ0n) is 12.4. The number of hydrogen-bond acceptors (Lipinski definition) is 2. The fourth-order valence-corrected chi connectivity index (χ4v) is 2.13. The first-order valence-corrected chi connectivity index (χ1v) is 6.84. The van der Waals surface area contributed by atoms with Crippen LogP contribution in [0.4, 0.5) is 10.1 Å². The Labute approximate surface area is 125 Å². The molecule has 0 aliphatic heterocycles. The molecule has 2 aromatic carbocycles. The summed E-state index contributed by atoms with van der Waals surface area (Å²) in [7, 11) is 1.99. The summed E-state index contributed by atoms with van der Waals surface area (Å²) >= 11 is 0. The van der Waals surface area contributed by atoms with Crippen LogP contribution in [0.25, 0.3) is 0 Å². The summed E-state index contributed by atoms with van der Waals surface area (Å²) in [6.07, 6.45) is 0. The largest absolute Gasteiger partial charge is 0.370 e. The third kappa shape index (κ3) is 4.34. The molecule has 0 atom stereocenters. The van der Waals surface area contributed by atoms with Gasteiger partial charge in [0.25, 0.3) is 0 Å². The average Bonchev–Trinajstić information content (AvgIpc) is 2.45. The number of anilines is 1. The van der Waals surface area contributed by atoms with Gasteiger partial charge in [0, 0.05) is 24.8 Å². The van der Waals surface area contributed by atoms with Crippen molar-refractivity contribution in [2.75, 3.05) is 18.5 Å². The third-order valence-corrected chi connectivity index (χ3v) is 3.19. The van der Waals surface area contributed by atoms with E-state index < -0.39 is 0 Å². The molecule has 0 aliphatic rings. The lowest BCUT2D eigenvalue weighted by Gasteiger charge is -2.19. The Morgan fingerprint density at radius 2 is 1.86 bits per heavy atom. The molecular formula is C18H19FN2. The lowest BCUT2D eigenvalue weighted by Crippen LogP contribution is -2.16. The van der Waals surface area contributed by atoms with Crippen LogP contribution in [0.1, 0.15) is 16.7 Å². The summed E-state index contributed by atoms with van der Waals surface area (Å²) in [5.74, 6) is 5.35. The highest BCUT2D eigenvalue weighted by atomic mass is 19.1. The molecule has 0 heterocycles. The van der Waals surface area contributed by atoms with Gasteiger partial charge in [-0.05, 0) is 42.8 Å². The van der Waals surface area contributed by atoms with Gasteiger partial charge in [-0.25, -0.2) is 4.39 Å². The van der Waals surface area contributed by atoms with Crippen molar-refractivity contribution in [3.63, 3.8) is 0 Å². The number of nitrogens with zero attached hydrogens (tertiary/aromatic N) is 1. The first-order chi connectivity index (χ1) is 10.1. The Morgan fingerprint density at radius 1 is 1.14 bits per heavy atom. The monoisotopic (exact) mass is 282 g/mol. The van der Waals surface area contributed by atoms with Gasteiger partial charge in [-0.15, -0.1) is 0 Å². The molecule has 0 saturated heterocycles. The van der Waals surface area contributed by atoms with Gasteiger partial charge in [0.2, 0.25) is 0 Å². The molecule has 108 valence electrons. The van der Waals surface area contributed by atoms with E-state index >= 15 is 0 Å². The Morgan fingerprint density at radius 3 is 2.52 bits per heavy atom. The molecule has 0 aliphatic carbocycles. The minimum absolute atomic E-state index is 0.272. The smallest absolute Gasteiger partial charge is 0.124 e. The predicted molar refractivity (Wildman–Crippen MR) is 85.6 cm³/mol. The van der Waals surface area contributed by atoms with Gasteiger partial charge in [0.05, 0.1) is 6.54 Å². The lowest BCUT2D eigenvalue weighted by atomic mass is 10.1. The van der Waals surface area contributed by atoms with Crippen LogP contribution in [0.2, 0.25) is 0 Å². The van der Waals surface area contributed by atoms with Crippen molar-refractivity contribution >= 4 is 5.69 Å². The second kappa shape index (κ2) is 6.92. The van der Waals surface area contributed by atoms with Crippen LogP contribution in [0.15, 0.2) is 42.5 Å². The molecule has 0 spiro atoms. The van der Waals surface area contributed by atoms with Crippen molar-refractivity contribution in [1.82, 2.24) is 0 Å². The highest BCUT2D eigenvalue weighted by Crippen LogP contribution is 2.17. The van der Waals surface area contributed by atoms with E-state index in [0.29, 0.717) is 12.1 Å². The number of nitrogens with two attached hydrogens (primary N) is 1. The Hall–Kier alpha value is -2.31. The molecule has 2 rings (SSSR count). The molecule has 0 unspecified atom stereocenters. The van der Waals surface area contributed by atoms with Crippen molar-refractivity contribution in [1.29, 1.82) is 0 Å². The van der Waals surface area contributed by atoms with E-state index in [1.54, 1.807) is 0 Å². The number of hydrogen-bond donors (Lipinski definition) is 1. The molecule has 0 fully saturated rings. The molecule has 0 radical (unpaired) electrons. The molecule has 2 nitrogen and oxygen atoms in total. The molecular weight excluding hydrogens is 263 g/mol.